The Morgan fingerprint density at radius 1 is 0.625 bits per heavy atom. The fourth-order valence-corrected chi connectivity index (χ4v) is 6.12. The van der Waals surface area contributed by atoms with Crippen molar-refractivity contribution in [2.75, 3.05) is 26.4 Å². The Morgan fingerprint density at radius 2 is 1.06 bits per heavy atom. The topological polar surface area (TPSA) is 149 Å². The van der Waals surface area contributed by atoms with E-state index in [9.17, 15) is 24.2 Å². The highest BCUT2D eigenvalue weighted by atomic mass is 31.2. The Hall–Kier alpha value is -1.03. The maximum Gasteiger partial charge on any atom is 0.472 e. The number of phosphoric acid groups is 1. The number of ether oxygens (including phenoxy) is 2. The van der Waals surface area contributed by atoms with Gasteiger partial charge in [0.1, 0.15) is 12.7 Å². The lowest BCUT2D eigenvalue weighted by Gasteiger charge is -2.20. The molecule has 0 spiro atoms. The maximum absolute atomic E-state index is 12.5. The van der Waals surface area contributed by atoms with E-state index in [4.69, 9.17) is 19.1 Å². The second-order valence-electron chi connectivity index (χ2n) is 14.0. The van der Waals surface area contributed by atoms with E-state index in [0.29, 0.717) is 12.8 Å². The van der Waals surface area contributed by atoms with Gasteiger partial charge in [0.2, 0.25) is 0 Å². The molecular weight excluding hydrogens is 635 g/mol. The largest absolute Gasteiger partial charge is 0.472 e. The summed E-state index contributed by atoms with van der Waals surface area (Å²) in [6.45, 7) is 7.00. The Kier molecular flexibility index (Phi) is 31.2. The molecule has 286 valence electrons. The number of unbranched alkanes of at least 4 members (excludes halogenated alkanes) is 16. The molecule has 0 aliphatic carbocycles. The number of aliphatic hydroxyl groups excluding tert-OH is 2. The first-order valence-electron chi connectivity index (χ1n) is 19.2. The number of aliphatic hydroxyl groups is 2. The highest BCUT2D eigenvalue weighted by Gasteiger charge is 2.27. The minimum atomic E-state index is -4.60. The van der Waals surface area contributed by atoms with Gasteiger partial charge in [-0.25, -0.2) is 4.57 Å². The average Bonchev–Trinajstić information content (AvgIpc) is 3.05. The zero-order valence-corrected chi connectivity index (χ0v) is 31.9. The van der Waals surface area contributed by atoms with Crippen LogP contribution in [-0.2, 0) is 32.7 Å². The van der Waals surface area contributed by atoms with Gasteiger partial charge in [-0.05, 0) is 24.7 Å². The first-order chi connectivity index (χ1) is 23.0. The average molecular weight is 709 g/mol. The normalized spacial score (nSPS) is 14.8. The summed E-state index contributed by atoms with van der Waals surface area (Å²) in [6, 6.07) is 0. The van der Waals surface area contributed by atoms with Crippen LogP contribution in [-0.4, -0.2) is 65.7 Å². The van der Waals surface area contributed by atoms with E-state index < -0.39 is 51.8 Å². The molecule has 0 aromatic rings. The molecule has 11 heteroatoms. The van der Waals surface area contributed by atoms with Crippen LogP contribution in [0.2, 0.25) is 0 Å². The smallest absolute Gasteiger partial charge is 0.462 e. The van der Waals surface area contributed by atoms with Crippen LogP contribution in [0.15, 0.2) is 0 Å². The predicted molar refractivity (Wildman–Crippen MR) is 192 cm³/mol. The SMILES string of the molecule is CCC(C)CCCCCCCCCCCC(=O)OC(COC(=O)CCCCCCCCCCCC(C)C)COP(=O)(O)OCC(O)CO. The summed E-state index contributed by atoms with van der Waals surface area (Å²) in [4.78, 5) is 34.8. The van der Waals surface area contributed by atoms with Crippen molar-refractivity contribution in [3.63, 3.8) is 0 Å². The second kappa shape index (κ2) is 31.9. The summed E-state index contributed by atoms with van der Waals surface area (Å²) >= 11 is 0. The molecule has 0 amide bonds. The second-order valence-corrected chi connectivity index (χ2v) is 15.5. The van der Waals surface area contributed by atoms with E-state index in [0.717, 1.165) is 50.4 Å². The molecule has 0 saturated carbocycles. The van der Waals surface area contributed by atoms with E-state index in [1.165, 1.54) is 83.5 Å². The number of carbonyl (C=O) groups excluding carboxylic acids is 2. The number of hydrogen-bond acceptors (Lipinski definition) is 9. The van der Waals surface area contributed by atoms with Crippen LogP contribution in [0.4, 0.5) is 0 Å². The van der Waals surface area contributed by atoms with Gasteiger partial charge in [-0.3, -0.25) is 18.6 Å². The van der Waals surface area contributed by atoms with Gasteiger partial charge in [0.05, 0.1) is 19.8 Å². The van der Waals surface area contributed by atoms with Gasteiger partial charge in [0, 0.05) is 12.8 Å². The van der Waals surface area contributed by atoms with Crippen molar-refractivity contribution in [1.29, 1.82) is 0 Å². The van der Waals surface area contributed by atoms with Gasteiger partial charge < -0.3 is 24.6 Å². The minimum absolute atomic E-state index is 0.188. The molecule has 0 aliphatic heterocycles. The predicted octanol–water partition coefficient (Wildman–Crippen LogP) is 9.21. The van der Waals surface area contributed by atoms with Crippen LogP contribution in [0, 0.1) is 11.8 Å². The molecule has 0 radical (unpaired) electrons. The molecule has 10 nitrogen and oxygen atoms in total. The lowest BCUT2D eigenvalue weighted by Crippen LogP contribution is -2.29. The quantitative estimate of drug-likeness (QED) is 0.0330. The van der Waals surface area contributed by atoms with Crippen molar-refractivity contribution < 1.29 is 47.8 Å². The van der Waals surface area contributed by atoms with Crippen LogP contribution < -0.4 is 0 Å². The van der Waals surface area contributed by atoms with Crippen molar-refractivity contribution in [1.82, 2.24) is 0 Å². The van der Waals surface area contributed by atoms with Crippen LogP contribution >= 0.6 is 7.82 Å². The molecule has 0 rings (SSSR count). The zero-order valence-electron chi connectivity index (χ0n) is 31.0. The first kappa shape index (κ1) is 47.0. The Labute approximate surface area is 293 Å². The van der Waals surface area contributed by atoms with E-state index in [1.807, 2.05) is 0 Å². The summed E-state index contributed by atoms with van der Waals surface area (Å²) in [5.74, 6) is 0.684. The number of carbonyl (C=O) groups is 2. The Bertz CT molecular complexity index is 809. The summed E-state index contributed by atoms with van der Waals surface area (Å²) in [5.41, 5.74) is 0. The van der Waals surface area contributed by atoms with Crippen LogP contribution in [0.3, 0.4) is 0 Å². The van der Waals surface area contributed by atoms with Crippen molar-refractivity contribution in [3.8, 4) is 0 Å². The molecule has 48 heavy (non-hydrogen) atoms. The van der Waals surface area contributed by atoms with E-state index >= 15 is 0 Å². The van der Waals surface area contributed by atoms with Gasteiger partial charge in [0.15, 0.2) is 6.10 Å². The lowest BCUT2D eigenvalue weighted by atomic mass is 9.99. The Balaban J connectivity index is 4.37. The maximum atomic E-state index is 12.5. The van der Waals surface area contributed by atoms with Gasteiger partial charge in [-0.15, -0.1) is 0 Å². The fourth-order valence-electron chi connectivity index (χ4n) is 5.33. The molecule has 0 aromatic carbocycles. The lowest BCUT2D eigenvalue weighted by molar-refractivity contribution is -0.161. The van der Waals surface area contributed by atoms with Gasteiger partial charge in [-0.1, -0.05) is 150 Å². The first-order valence-corrected chi connectivity index (χ1v) is 20.7. The van der Waals surface area contributed by atoms with E-state index in [1.54, 1.807) is 0 Å². The molecule has 0 fully saturated rings. The van der Waals surface area contributed by atoms with Gasteiger partial charge in [0.25, 0.3) is 0 Å². The summed E-state index contributed by atoms with van der Waals surface area (Å²) in [5, 5.41) is 18.3. The molecule has 0 saturated heterocycles. The van der Waals surface area contributed by atoms with E-state index in [2.05, 4.69) is 32.2 Å². The number of hydrogen-bond donors (Lipinski definition) is 3. The van der Waals surface area contributed by atoms with Crippen molar-refractivity contribution >= 4 is 19.8 Å². The fraction of sp³-hybridized carbons (Fsp3) is 0.946. The molecule has 0 aliphatic rings. The Morgan fingerprint density at radius 3 is 1.54 bits per heavy atom. The molecule has 4 unspecified atom stereocenters. The van der Waals surface area contributed by atoms with Gasteiger partial charge >= 0.3 is 19.8 Å². The molecular formula is C37H73O10P. The molecule has 0 aromatic heterocycles. The van der Waals surface area contributed by atoms with Crippen LogP contribution in [0.5, 0.6) is 0 Å². The summed E-state index contributed by atoms with van der Waals surface area (Å²) < 4.78 is 32.6. The number of rotatable bonds is 35. The third kappa shape index (κ3) is 32.2. The third-order valence-corrected chi connectivity index (χ3v) is 9.68. The van der Waals surface area contributed by atoms with Crippen LogP contribution in [0.25, 0.3) is 0 Å². The molecule has 0 heterocycles. The van der Waals surface area contributed by atoms with Crippen molar-refractivity contribution in [3.05, 3.63) is 0 Å². The van der Waals surface area contributed by atoms with Crippen molar-refractivity contribution in [2.24, 2.45) is 11.8 Å². The third-order valence-electron chi connectivity index (χ3n) is 8.73. The van der Waals surface area contributed by atoms with E-state index in [-0.39, 0.29) is 19.4 Å². The monoisotopic (exact) mass is 708 g/mol. The number of esters is 2. The summed E-state index contributed by atoms with van der Waals surface area (Å²) in [6.07, 6.45) is 22.3. The standard InChI is InChI=1S/C37H73O10P/c1-5-33(4)25-21-17-13-9-7-11-15-19-23-27-37(41)47-35(31-46-48(42,43)45-29-34(39)28-38)30-44-36(40)26-22-18-14-10-6-8-12-16-20-24-32(2)3/h32-35,38-39H,5-31H2,1-4H3,(H,42,43). The van der Waals surface area contributed by atoms with Gasteiger partial charge in [-0.2, -0.15) is 0 Å². The molecule has 3 N–H and O–H groups in total. The summed E-state index contributed by atoms with van der Waals surface area (Å²) in [7, 11) is -4.60. The van der Waals surface area contributed by atoms with Crippen LogP contribution in [0.1, 0.15) is 175 Å². The zero-order chi connectivity index (χ0) is 35.9. The minimum Gasteiger partial charge on any atom is -0.462 e. The highest BCUT2D eigenvalue weighted by Crippen LogP contribution is 2.43. The number of phosphoric ester groups is 1. The highest BCUT2D eigenvalue weighted by molar-refractivity contribution is 7.47. The van der Waals surface area contributed by atoms with Crippen molar-refractivity contribution in [2.45, 2.75) is 188 Å². The molecule has 0 bridgehead atoms. The molecule has 4 atom stereocenters.